The van der Waals surface area contributed by atoms with E-state index >= 15 is 0 Å². The number of nitrogens with two attached hydrogens (primary N) is 1. The molecule has 1 heterocycles. The predicted octanol–water partition coefficient (Wildman–Crippen LogP) is 1.16. The molecule has 0 bridgehead atoms. The molecule has 2 rings (SSSR count). The van der Waals surface area contributed by atoms with Crippen LogP contribution in [0, 0.1) is 0 Å². The number of rotatable bonds is 6. The van der Waals surface area contributed by atoms with E-state index in [1.807, 2.05) is 31.2 Å². The van der Waals surface area contributed by atoms with Crippen LogP contribution in [0.25, 0.3) is 0 Å². The first-order valence-electron chi connectivity index (χ1n) is 6.37. The van der Waals surface area contributed by atoms with Gasteiger partial charge in [-0.1, -0.05) is 12.1 Å². The highest BCUT2D eigenvalue weighted by molar-refractivity contribution is 5.68. The molecule has 1 fully saturated rings. The van der Waals surface area contributed by atoms with Crippen molar-refractivity contribution < 1.29 is 19.4 Å². The summed E-state index contributed by atoms with van der Waals surface area (Å²) in [5.74, 6) is -0.117. The summed E-state index contributed by atoms with van der Waals surface area (Å²) in [5.41, 5.74) is 6.64. The second kappa shape index (κ2) is 5.59. The highest BCUT2D eigenvalue weighted by Gasteiger charge is 2.46. The van der Waals surface area contributed by atoms with E-state index in [2.05, 4.69) is 0 Å². The van der Waals surface area contributed by atoms with Crippen molar-refractivity contribution in [2.45, 2.75) is 24.8 Å². The van der Waals surface area contributed by atoms with Crippen molar-refractivity contribution in [3.63, 3.8) is 0 Å². The molecule has 1 unspecified atom stereocenters. The highest BCUT2D eigenvalue weighted by Crippen LogP contribution is 2.37. The topological polar surface area (TPSA) is 81.8 Å². The van der Waals surface area contributed by atoms with Gasteiger partial charge in [-0.3, -0.25) is 4.79 Å². The molecular weight excluding hydrogens is 246 g/mol. The number of benzene rings is 1. The van der Waals surface area contributed by atoms with Crippen molar-refractivity contribution >= 4 is 5.97 Å². The van der Waals surface area contributed by atoms with E-state index in [4.69, 9.17) is 20.3 Å². The molecule has 5 nitrogen and oxygen atoms in total. The largest absolute Gasteiger partial charge is 0.494 e. The van der Waals surface area contributed by atoms with Gasteiger partial charge in [0.05, 0.1) is 31.7 Å². The Morgan fingerprint density at radius 1 is 1.58 bits per heavy atom. The lowest BCUT2D eigenvalue weighted by Crippen LogP contribution is -2.59. The number of aliphatic carboxylic acids is 1. The van der Waals surface area contributed by atoms with Crippen LogP contribution >= 0.6 is 0 Å². The van der Waals surface area contributed by atoms with Crippen LogP contribution in [0.3, 0.4) is 0 Å². The lowest BCUT2D eigenvalue weighted by atomic mass is 9.71. The van der Waals surface area contributed by atoms with E-state index in [1.165, 1.54) is 0 Å². The first-order chi connectivity index (χ1) is 9.08. The normalized spacial score (nSPS) is 18.4. The summed E-state index contributed by atoms with van der Waals surface area (Å²) in [7, 11) is 0. The minimum Gasteiger partial charge on any atom is -0.494 e. The first-order valence-corrected chi connectivity index (χ1v) is 6.37. The van der Waals surface area contributed by atoms with Gasteiger partial charge in [0.15, 0.2) is 0 Å². The Balaban J connectivity index is 2.25. The van der Waals surface area contributed by atoms with Crippen LogP contribution in [-0.2, 0) is 14.9 Å². The SMILES string of the molecule is CCOc1cccc(C2(C(N)CC(=O)O)COC2)c1. The average molecular weight is 265 g/mol. The maximum absolute atomic E-state index is 10.9. The quantitative estimate of drug-likeness (QED) is 0.806. The second-order valence-electron chi connectivity index (χ2n) is 4.81. The molecule has 104 valence electrons. The highest BCUT2D eigenvalue weighted by atomic mass is 16.5. The molecule has 3 N–H and O–H groups in total. The van der Waals surface area contributed by atoms with E-state index in [0.717, 1.165) is 11.3 Å². The number of hydrogen-bond acceptors (Lipinski definition) is 4. The number of carboxylic acids is 1. The molecule has 0 amide bonds. The summed E-state index contributed by atoms with van der Waals surface area (Å²) in [6, 6.07) is 7.19. The van der Waals surface area contributed by atoms with Crippen molar-refractivity contribution in [3.8, 4) is 5.75 Å². The molecule has 0 saturated carbocycles. The molecule has 0 aromatic heterocycles. The third-order valence-corrected chi connectivity index (χ3v) is 3.54. The summed E-state index contributed by atoms with van der Waals surface area (Å²) in [4.78, 5) is 10.9. The maximum atomic E-state index is 10.9. The number of carbonyl (C=O) groups is 1. The van der Waals surface area contributed by atoms with Gasteiger partial charge in [-0.05, 0) is 24.6 Å². The minimum atomic E-state index is -0.889. The molecule has 0 spiro atoms. The van der Waals surface area contributed by atoms with E-state index in [1.54, 1.807) is 0 Å². The van der Waals surface area contributed by atoms with Crippen LogP contribution in [0.15, 0.2) is 24.3 Å². The Bertz CT molecular complexity index is 457. The molecule has 19 heavy (non-hydrogen) atoms. The van der Waals surface area contributed by atoms with Crippen LogP contribution < -0.4 is 10.5 Å². The van der Waals surface area contributed by atoms with Gasteiger partial charge >= 0.3 is 5.97 Å². The van der Waals surface area contributed by atoms with Crippen LogP contribution in [0.5, 0.6) is 5.75 Å². The molecule has 1 aromatic rings. The maximum Gasteiger partial charge on any atom is 0.304 e. The summed E-state index contributed by atoms with van der Waals surface area (Å²) >= 11 is 0. The second-order valence-corrected chi connectivity index (χ2v) is 4.81. The molecule has 5 heteroatoms. The van der Waals surface area contributed by atoms with Gasteiger partial charge in [0.1, 0.15) is 5.75 Å². The van der Waals surface area contributed by atoms with E-state index in [9.17, 15) is 4.79 Å². The number of ether oxygens (including phenoxy) is 2. The fourth-order valence-corrected chi connectivity index (χ4v) is 2.36. The van der Waals surface area contributed by atoms with Gasteiger partial charge in [0.25, 0.3) is 0 Å². The monoisotopic (exact) mass is 265 g/mol. The van der Waals surface area contributed by atoms with Crippen molar-refractivity contribution in [1.29, 1.82) is 0 Å². The van der Waals surface area contributed by atoms with Crippen LogP contribution in [0.4, 0.5) is 0 Å². The molecule has 1 saturated heterocycles. The Hall–Kier alpha value is -1.59. The predicted molar refractivity (Wildman–Crippen MR) is 70.3 cm³/mol. The fraction of sp³-hybridized carbons (Fsp3) is 0.500. The van der Waals surface area contributed by atoms with E-state index < -0.39 is 17.4 Å². The van der Waals surface area contributed by atoms with Gasteiger partial charge in [0, 0.05) is 6.04 Å². The Labute approximate surface area is 112 Å². The Kier molecular flexibility index (Phi) is 4.07. The molecule has 1 aliphatic heterocycles. The van der Waals surface area contributed by atoms with Gasteiger partial charge in [-0.25, -0.2) is 0 Å². The molecule has 1 atom stereocenters. The smallest absolute Gasteiger partial charge is 0.304 e. The molecule has 0 radical (unpaired) electrons. The van der Waals surface area contributed by atoms with Crippen molar-refractivity contribution in [1.82, 2.24) is 0 Å². The summed E-state index contributed by atoms with van der Waals surface area (Å²) in [5, 5.41) is 8.91. The average Bonchev–Trinajstić information content (AvgIpc) is 2.27. The van der Waals surface area contributed by atoms with E-state index in [-0.39, 0.29) is 6.42 Å². The standard InChI is InChI=1S/C14H19NO4/c1-2-19-11-5-3-4-10(6-11)14(8-18-9-14)12(15)7-13(16)17/h3-6,12H,2,7-9,15H2,1H3,(H,16,17). The zero-order chi connectivity index (χ0) is 13.9. The fourth-order valence-electron chi connectivity index (χ4n) is 2.36. The summed E-state index contributed by atoms with van der Waals surface area (Å²) < 4.78 is 10.8. The van der Waals surface area contributed by atoms with Gasteiger partial charge in [0.2, 0.25) is 0 Å². The minimum absolute atomic E-state index is 0.0672. The lowest BCUT2D eigenvalue weighted by Gasteiger charge is -2.45. The molecule has 0 aliphatic carbocycles. The zero-order valence-corrected chi connectivity index (χ0v) is 11.0. The van der Waals surface area contributed by atoms with Crippen molar-refractivity contribution in [3.05, 3.63) is 29.8 Å². The molecule has 1 aromatic carbocycles. The van der Waals surface area contributed by atoms with Gasteiger partial charge in [-0.2, -0.15) is 0 Å². The first kappa shape index (κ1) is 13.8. The lowest BCUT2D eigenvalue weighted by molar-refractivity contribution is -0.140. The summed E-state index contributed by atoms with van der Waals surface area (Å²) in [6.45, 7) is 3.42. The van der Waals surface area contributed by atoms with Gasteiger partial charge in [-0.15, -0.1) is 0 Å². The summed E-state index contributed by atoms with van der Waals surface area (Å²) in [6.07, 6.45) is -0.0672. The number of hydrogen-bond donors (Lipinski definition) is 2. The van der Waals surface area contributed by atoms with Crippen molar-refractivity contribution in [2.24, 2.45) is 5.73 Å². The van der Waals surface area contributed by atoms with Gasteiger partial charge < -0.3 is 20.3 Å². The Morgan fingerprint density at radius 3 is 2.84 bits per heavy atom. The Morgan fingerprint density at radius 2 is 2.32 bits per heavy atom. The molecular formula is C14H19NO4. The van der Waals surface area contributed by atoms with Crippen LogP contribution in [-0.4, -0.2) is 36.9 Å². The number of carboxylic acid groups (broad SMARTS) is 1. The van der Waals surface area contributed by atoms with Crippen LogP contribution in [0.2, 0.25) is 0 Å². The van der Waals surface area contributed by atoms with E-state index in [0.29, 0.717) is 19.8 Å². The van der Waals surface area contributed by atoms with Crippen LogP contribution in [0.1, 0.15) is 18.9 Å². The third kappa shape index (κ3) is 2.72. The van der Waals surface area contributed by atoms with Crippen molar-refractivity contribution in [2.75, 3.05) is 19.8 Å². The third-order valence-electron chi connectivity index (χ3n) is 3.54. The zero-order valence-electron chi connectivity index (χ0n) is 11.0. The molecule has 1 aliphatic rings.